The molecule has 0 aliphatic rings. The van der Waals surface area contributed by atoms with Gasteiger partial charge in [-0.05, 0) is 19.9 Å². The Morgan fingerprint density at radius 1 is 1.67 bits per heavy atom. The lowest BCUT2D eigenvalue weighted by atomic mass is 10.3. The van der Waals surface area contributed by atoms with E-state index in [4.69, 9.17) is 11.6 Å². The van der Waals surface area contributed by atoms with E-state index in [-0.39, 0.29) is 0 Å². The number of anilines is 1. The van der Waals surface area contributed by atoms with Gasteiger partial charge in [0, 0.05) is 19.3 Å². The minimum atomic E-state index is -0.398. The van der Waals surface area contributed by atoms with Crippen LogP contribution in [-0.4, -0.2) is 18.1 Å². The van der Waals surface area contributed by atoms with Crippen molar-refractivity contribution >= 4 is 17.4 Å². The molecule has 0 saturated carbocycles. The van der Waals surface area contributed by atoms with Crippen LogP contribution in [0, 0.1) is 5.82 Å². The number of hydrogen-bond acceptors (Lipinski definition) is 2. The maximum Gasteiger partial charge on any atom is 0.167 e. The molecule has 82 valence electrons. The van der Waals surface area contributed by atoms with Gasteiger partial charge in [-0.3, -0.25) is 0 Å². The summed E-state index contributed by atoms with van der Waals surface area (Å²) in [4.78, 5) is 5.79. The maximum absolute atomic E-state index is 13.5. The Hall–Kier alpha value is -1.09. The van der Waals surface area contributed by atoms with Gasteiger partial charge in [0.1, 0.15) is 0 Å². The summed E-state index contributed by atoms with van der Waals surface area (Å²) in [7, 11) is 0. The van der Waals surface area contributed by atoms with Crippen molar-refractivity contribution in [3.63, 3.8) is 0 Å². The Kier molecular flexibility index (Phi) is 4.09. The first-order valence-electron chi connectivity index (χ1n) is 4.75. The second kappa shape index (κ2) is 5.12. The molecular formula is C11H14ClFN2. The normalized spacial score (nSPS) is 10.1. The van der Waals surface area contributed by atoms with Crippen molar-refractivity contribution in [3.05, 3.63) is 35.3 Å². The topological polar surface area (TPSA) is 16.1 Å². The quantitative estimate of drug-likeness (QED) is 0.736. The molecule has 1 rings (SSSR count). The predicted molar refractivity (Wildman–Crippen MR) is 61.9 cm³/mol. The second-order valence-electron chi connectivity index (χ2n) is 3.43. The highest BCUT2D eigenvalue weighted by atomic mass is 35.5. The monoisotopic (exact) mass is 228 g/mol. The molecule has 0 bridgehead atoms. The summed E-state index contributed by atoms with van der Waals surface area (Å²) < 4.78 is 13.5. The Morgan fingerprint density at radius 2 is 2.33 bits per heavy atom. The van der Waals surface area contributed by atoms with Gasteiger partial charge in [0.2, 0.25) is 0 Å². The Bertz CT molecular complexity index is 366. The average molecular weight is 229 g/mol. The fraction of sp³-hybridized carbons (Fsp3) is 0.364. The van der Waals surface area contributed by atoms with Gasteiger partial charge >= 0.3 is 0 Å². The van der Waals surface area contributed by atoms with Gasteiger partial charge in [0.25, 0.3) is 0 Å². The van der Waals surface area contributed by atoms with E-state index in [9.17, 15) is 4.39 Å². The molecule has 0 aliphatic heterocycles. The standard InChI is InChI=1S/C11H14ClFN2/c1-4-15(7-8(2)3)11-10(13)5-9(12)6-14-11/h5-6H,2,4,7H2,1,3H3. The van der Waals surface area contributed by atoms with Crippen LogP contribution >= 0.6 is 11.6 Å². The molecule has 0 N–H and O–H groups in total. The number of hydrogen-bond donors (Lipinski definition) is 0. The van der Waals surface area contributed by atoms with E-state index in [2.05, 4.69) is 11.6 Å². The smallest absolute Gasteiger partial charge is 0.167 e. The van der Waals surface area contributed by atoms with Gasteiger partial charge in [-0.2, -0.15) is 0 Å². The molecule has 0 radical (unpaired) electrons. The molecule has 1 aromatic heterocycles. The van der Waals surface area contributed by atoms with Gasteiger partial charge in [0.05, 0.1) is 5.02 Å². The summed E-state index contributed by atoms with van der Waals surface area (Å²) in [6.07, 6.45) is 1.45. The van der Waals surface area contributed by atoms with Crippen molar-refractivity contribution in [2.45, 2.75) is 13.8 Å². The molecule has 0 amide bonds. The van der Waals surface area contributed by atoms with Crippen molar-refractivity contribution in [3.8, 4) is 0 Å². The number of aromatic nitrogens is 1. The van der Waals surface area contributed by atoms with Crippen molar-refractivity contribution in [1.29, 1.82) is 0 Å². The number of pyridine rings is 1. The van der Waals surface area contributed by atoms with E-state index in [1.165, 1.54) is 12.3 Å². The minimum absolute atomic E-state index is 0.308. The third-order valence-electron chi connectivity index (χ3n) is 1.93. The second-order valence-corrected chi connectivity index (χ2v) is 3.87. The highest BCUT2D eigenvalue weighted by molar-refractivity contribution is 6.30. The summed E-state index contributed by atoms with van der Waals surface area (Å²) >= 11 is 5.63. The largest absolute Gasteiger partial charge is 0.350 e. The molecule has 0 unspecified atom stereocenters. The van der Waals surface area contributed by atoms with Crippen LogP contribution in [0.1, 0.15) is 13.8 Å². The Balaban J connectivity index is 2.96. The molecule has 0 saturated heterocycles. The van der Waals surface area contributed by atoms with Gasteiger partial charge in [0.15, 0.2) is 11.6 Å². The zero-order valence-corrected chi connectivity index (χ0v) is 9.68. The highest BCUT2D eigenvalue weighted by Gasteiger charge is 2.11. The number of rotatable bonds is 4. The van der Waals surface area contributed by atoms with Crippen LogP contribution in [0.25, 0.3) is 0 Å². The molecule has 15 heavy (non-hydrogen) atoms. The number of nitrogens with zero attached hydrogens (tertiary/aromatic N) is 2. The molecule has 0 fully saturated rings. The van der Waals surface area contributed by atoms with Crippen LogP contribution < -0.4 is 4.90 Å². The van der Waals surface area contributed by atoms with Crippen LogP contribution in [0.5, 0.6) is 0 Å². The van der Waals surface area contributed by atoms with E-state index >= 15 is 0 Å². The average Bonchev–Trinajstić information content (AvgIpc) is 2.14. The number of likely N-dealkylation sites (N-methyl/N-ethyl adjacent to an activating group) is 1. The van der Waals surface area contributed by atoms with E-state index in [1.54, 1.807) is 0 Å². The van der Waals surface area contributed by atoms with Crippen LogP contribution in [-0.2, 0) is 0 Å². The van der Waals surface area contributed by atoms with Crippen LogP contribution in [0.4, 0.5) is 10.2 Å². The van der Waals surface area contributed by atoms with Crippen molar-refractivity contribution in [2.75, 3.05) is 18.0 Å². The van der Waals surface area contributed by atoms with Gasteiger partial charge in [-0.15, -0.1) is 0 Å². The molecular weight excluding hydrogens is 215 g/mol. The van der Waals surface area contributed by atoms with E-state index in [0.717, 1.165) is 5.57 Å². The molecule has 1 heterocycles. The summed E-state index contributed by atoms with van der Waals surface area (Å²) in [6.45, 7) is 8.92. The Morgan fingerprint density at radius 3 is 2.80 bits per heavy atom. The first-order chi connectivity index (χ1) is 7.04. The SMILES string of the molecule is C=C(C)CN(CC)c1ncc(Cl)cc1F. The third-order valence-corrected chi connectivity index (χ3v) is 2.14. The first-order valence-corrected chi connectivity index (χ1v) is 5.12. The molecule has 0 spiro atoms. The van der Waals surface area contributed by atoms with Crippen LogP contribution in [0.15, 0.2) is 24.4 Å². The fourth-order valence-corrected chi connectivity index (χ4v) is 1.45. The predicted octanol–water partition coefficient (Wildman–Crippen LogP) is 3.28. The zero-order chi connectivity index (χ0) is 11.4. The molecule has 4 heteroatoms. The molecule has 0 aromatic carbocycles. The summed E-state index contributed by atoms with van der Waals surface area (Å²) in [5, 5.41) is 0.308. The lowest BCUT2D eigenvalue weighted by Gasteiger charge is -2.22. The van der Waals surface area contributed by atoms with Crippen LogP contribution in [0.2, 0.25) is 5.02 Å². The Labute approximate surface area is 94.4 Å². The molecule has 2 nitrogen and oxygen atoms in total. The number of halogens is 2. The van der Waals surface area contributed by atoms with Crippen LogP contribution in [0.3, 0.4) is 0 Å². The van der Waals surface area contributed by atoms with E-state index < -0.39 is 5.82 Å². The maximum atomic E-state index is 13.5. The van der Waals surface area contributed by atoms with Crippen molar-refractivity contribution in [2.24, 2.45) is 0 Å². The van der Waals surface area contributed by atoms with Gasteiger partial charge in [-0.25, -0.2) is 9.37 Å². The lowest BCUT2D eigenvalue weighted by Crippen LogP contribution is -2.26. The van der Waals surface area contributed by atoms with Gasteiger partial charge in [-0.1, -0.05) is 23.8 Å². The molecule has 0 atom stereocenters. The molecule has 0 aliphatic carbocycles. The summed E-state index contributed by atoms with van der Waals surface area (Å²) in [5.74, 6) is -0.0736. The van der Waals surface area contributed by atoms with Gasteiger partial charge < -0.3 is 4.90 Å². The van der Waals surface area contributed by atoms with E-state index in [1.807, 2.05) is 18.7 Å². The summed E-state index contributed by atoms with van der Waals surface area (Å²) in [5.41, 5.74) is 0.966. The first kappa shape index (κ1) is 12.0. The minimum Gasteiger partial charge on any atom is -0.350 e. The fourth-order valence-electron chi connectivity index (χ4n) is 1.30. The summed E-state index contributed by atoms with van der Waals surface area (Å²) in [6, 6.07) is 1.27. The lowest BCUT2D eigenvalue weighted by molar-refractivity contribution is 0.613. The van der Waals surface area contributed by atoms with Crippen molar-refractivity contribution < 1.29 is 4.39 Å². The third kappa shape index (κ3) is 3.20. The van der Waals surface area contributed by atoms with E-state index in [0.29, 0.717) is 23.9 Å². The molecule has 1 aromatic rings. The van der Waals surface area contributed by atoms with Crippen molar-refractivity contribution in [1.82, 2.24) is 4.98 Å². The highest BCUT2D eigenvalue weighted by Crippen LogP contribution is 2.19. The zero-order valence-electron chi connectivity index (χ0n) is 8.93.